The second-order valence-electron chi connectivity index (χ2n) is 5.09. The molecule has 3 N–H and O–H groups in total. The molecule has 0 aromatic heterocycles. The van der Waals surface area contributed by atoms with Gasteiger partial charge in [0.2, 0.25) is 0 Å². The number of benzene rings is 2. The summed E-state index contributed by atoms with van der Waals surface area (Å²) < 4.78 is 10.9. The van der Waals surface area contributed by atoms with Crippen molar-refractivity contribution < 1.29 is 19.1 Å². The first kappa shape index (κ1) is 17.3. The van der Waals surface area contributed by atoms with Crippen molar-refractivity contribution in [1.29, 1.82) is 0 Å². The van der Waals surface area contributed by atoms with E-state index in [1.54, 1.807) is 55.6 Å². The third kappa shape index (κ3) is 4.25. The summed E-state index contributed by atoms with van der Waals surface area (Å²) in [5, 5.41) is 2.70. The zero-order valence-corrected chi connectivity index (χ0v) is 13.6. The van der Waals surface area contributed by atoms with Crippen molar-refractivity contribution in [2.24, 2.45) is 5.73 Å². The second kappa shape index (κ2) is 8.01. The maximum atomic E-state index is 12.5. The molecule has 0 bridgehead atoms. The smallest absolute Gasteiger partial charge is 0.265 e. The third-order valence-corrected chi connectivity index (χ3v) is 3.43. The minimum Gasteiger partial charge on any atom is -0.497 e. The molecule has 0 heterocycles. The number of hydrogen-bond acceptors (Lipinski definition) is 4. The van der Waals surface area contributed by atoms with Crippen molar-refractivity contribution in [3.05, 3.63) is 54.1 Å². The number of nitrogens with two attached hydrogens (primary N) is 1. The first-order valence-corrected chi connectivity index (χ1v) is 7.55. The van der Waals surface area contributed by atoms with E-state index >= 15 is 0 Å². The maximum Gasteiger partial charge on any atom is 0.265 e. The van der Waals surface area contributed by atoms with Crippen LogP contribution in [-0.2, 0) is 4.79 Å². The molecule has 0 saturated carbocycles. The van der Waals surface area contributed by atoms with Crippen molar-refractivity contribution in [2.45, 2.75) is 19.4 Å². The number of anilines is 1. The lowest BCUT2D eigenvalue weighted by Gasteiger charge is -2.18. The van der Waals surface area contributed by atoms with Gasteiger partial charge in [-0.05, 0) is 30.7 Å². The van der Waals surface area contributed by atoms with E-state index in [2.05, 4.69) is 5.32 Å². The molecule has 0 fully saturated rings. The lowest BCUT2D eigenvalue weighted by molar-refractivity contribution is -0.122. The second-order valence-corrected chi connectivity index (χ2v) is 5.09. The molecule has 126 valence electrons. The average Bonchev–Trinajstić information content (AvgIpc) is 2.60. The van der Waals surface area contributed by atoms with Gasteiger partial charge >= 0.3 is 0 Å². The minimum atomic E-state index is -0.710. The van der Waals surface area contributed by atoms with E-state index in [0.717, 1.165) is 0 Å². The van der Waals surface area contributed by atoms with Crippen molar-refractivity contribution >= 4 is 17.5 Å². The van der Waals surface area contributed by atoms with Gasteiger partial charge in [-0.25, -0.2) is 0 Å². The Morgan fingerprint density at radius 1 is 1.12 bits per heavy atom. The molecule has 1 atom stereocenters. The van der Waals surface area contributed by atoms with Crippen LogP contribution in [0.15, 0.2) is 48.5 Å². The molecule has 2 aromatic carbocycles. The van der Waals surface area contributed by atoms with Gasteiger partial charge in [-0.1, -0.05) is 25.1 Å². The SMILES string of the molecule is CC[C@H](Oc1cccc(OC)c1)C(=O)Nc1ccccc1C(N)=O. The molecule has 2 aromatic rings. The Kier molecular flexibility index (Phi) is 5.78. The van der Waals surface area contributed by atoms with Crippen LogP contribution in [0, 0.1) is 0 Å². The van der Waals surface area contributed by atoms with Crippen LogP contribution in [0.25, 0.3) is 0 Å². The van der Waals surface area contributed by atoms with E-state index in [1.807, 2.05) is 6.92 Å². The molecule has 2 amide bonds. The summed E-state index contributed by atoms with van der Waals surface area (Å²) in [5.41, 5.74) is 5.93. The highest BCUT2D eigenvalue weighted by molar-refractivity contribution is 6.04. The number of carbonyl (C=O) groups excluding carboxylic acids is 2. The number of nitrogens with one attached hydrogen (secondary N) is 1. The van der Waals surface area contributed by atoms with Crippen LogP contribution in [0.4, 0.5) is 5.69 Å². The van der Waals surface area contributed by atoms with E-state index in [0.29, 0.717) is 23.6 Å². The van der Waals surface area contributed by atoms with Gasteiger partial charge in [0.25, 0.3) is 11.8 Å². The summed E-state index contributed by atoms with van der Waals surface area (Å²) in [6, 6.07) is 13.6. The summed E-state index contributed by atoms with van der Waals surface area (Å²) >= 11 is 0. The van der Waals surface area contributed by atoms with Gasteiger partial charge in [-0.15, -0.1) is 0 Å². The monoisotopic (exact) mass is 328 g/mol. The van der Waals surface area contributed by atoms with E-state index in [9.17, 15) is 9.59 Å². The Hall–Kier alpha value is -3.02. The summed E-state index contributed by atoms with van der Waals surface area (Å²) in [6.07, 6.45) is -0.250. The van der Waals surface area contributed by atoms with Crippen molar-refractivity contribution in [1.82, 2.24) is 0 Å². The molecule has 6 nitrogen and oxygen atoms in total. The van der Waals surface area contributed by atoms with Gasteiger partial charge in [0, 0.05) is 6.07 Å². The van der Waals surface area contributed by atoms with Gasteiger partial charge < -0.3 is 20.5 Å². The molecule has 0 unspecified atom stereocenters. The predicted octanol–water partition coefficient (Wildman–Crippen LogP) is 2.59. The molecule has 2 rings (SSSR count). The molecule has 0 saturated heterocycles. The Morgan fingerprint density at radius 2 is 1.83 bits per heavy atom. The molecule has 24 heavy (non-hydrogen) atoms. The molecular formula is C18H20N2O4. The first-order valence-electron chi connectivity index (χ1n) is 7.55. The topological polar surface area (TPSA) is 90.7 Å². The van der Waals surface area contributed by atoms with Gasteiger partial charge in [0.1, 0.15) is 11.5 Å². The zero-order valence-electron chi connectivity index (χ0n) is 13.6. The lowest BCUT2D eigenvalue weighted by atomic mass is 10.1. The van der Waals surface area contributed by atoms with Crippen molar-refractivity contribution in [2.75, 3.05) is 12.4 Å². The number of rotatable bonds is 7. The highest BCUT2D eigenvalue weighted by Crippen LogP contribution is 2.21. The van der Waals surface area contributed by atoms with Crippen LogP contribution in [0.2, 0.25) is 0 Å². The third-order valence-electron chi connectivity index (χ3n) is 3.43. The fourth-order valence-corrected chi connectivity index (χ4v) is 2.18. The van der Waals surface area contributed by atoms with E-state index in [-0.39, 0.29) is 11.5 Å². The first-order chi connectivity index (χ1) is 11.5. The Morgan fingerprint density at radius 3 is 2.50 bits per heavy atom. The number of carbonyl (C=O) groups is 2. The number of ether oxygens (including phenoxy) is 2. The normalized spacial score (nSPS) is 11.4. The fourth-order valence-electron chi connectivity index (χ4n) is 2.18. The van der Waals surface area contributed by atoms with Crippen LogP contribution in [0.1, 0.15) is 23.7 Å². The summed E-state index contributed by atoms with van der Waals surface area (Å²) in [5.74, 6) is 0.211. The highest BCUT2D eigenvalue weighted by Gasteiger charge is 2.20. The standard InChI is InChI=1S/C18H20N2O4/c1-3-16(24-13-8-6-7-12(11-13)23-2)18(22)20-15-10-5-4-9-14(15)17(19)21/h4-11,16H,3H2,1-2H3,(H2,19,21)(H,20,22)/t16-/m0/s1. The van der Waals surface area contributed by atoms with Crippen LogP contribution >= 0.6 is 0 Å². The average molecular weight is 328 g/mol. The highest BCUT2D eigenvalue weighted by atomic mass is 16.5. The van der Waals surface area contributed by atoms with Crippen LogP contribution in [-0.4, -0.2) is 25.0 Å². The Bertz CT molecular complexity index is 730. The van der Waals surface area contributed by atoms with Crippen molar-refractivity contribution in [3.63, 3.8) is 0 Å². The molecule has 0 spiro atoms. The summed E-state index contributed by atoms with van der Waals surface area (Å²) in [7, 11) is 1.56. The Labute approximate surface area is 140 Å². The maximum absolute atomic E-state index is 12.5. The number of para-hydroxylation sites is 1. The number of primary amides is 1. The Balaban J connectivity index is 2.13. The number of amides is 2. The largest absolute Gasteiger partial charge is 0.497 e. The quantitative estimate of drug-likeness (QED) is 0.817. The summed E-state index contributed by atoms with van der Waals surface area (Å²) in [4.78, 5) is 23.9. The van der Waals surface area contributed by atoms with Crippen molar-refractivity contribution in [3.8, 4) is 11.5 Å². The van der Waals surface area contributed by atoms with Gasteiger partial charge in [-0.3, -0.25) is 9.59 Å². The van der Waals surface area contributed by atoms with Crippen LogP contribution < -0.4 is 20.5 Å². The number of methoxy groups -OCH3 is 1. The van der Waals surface area contributed by atoms with E-state index in [1.165, 1.54) is 0 Å². The zero-order chi connectivity index (χ0) is 17.5. The van der Waals surface area contributed by atoms with E-state index < -0.39 is 12.0 Å². The minimum absolute atomic E-state index is 0.252. The molecule has 0 aliphatic heterocycles. The molecular weight excluding hydrogens is 308 g/mol. The molecule has 0 aliphatic rings. The molecule has 6 heteroatoms. The molecule has 0 radical (unpaired) electrons. The van der Waals surface area contributed by atoms with Gasteiger partial charge in [0.05, 0.1) is 18.4 Å². The van der Waals surface area contributed by atoms with Crippen LogP contribution in [0.3, 0.4) is 0 Å². The van der Waals surface area contributed by atoms with Gasteiger partial charge in [-0.2, -0.15) is 0 Å². The lowest BCUT2D eigenvalue weighted by Crippen LogP contribution is -2.33. The number of hydrogen-bond donors (Lipinski definition) is 2. The predicted molar refractivity (Wildman–Crippen MR) is 91.3 cm³/mol. The van der Waals surface area contributed by atoms with Crippen LogP contribution in [0.5, 0.6) is 11.5 Å². The summed E-state index contributed by atoms with van der Waals surface area (Å²) in [6.45, 7) is 1.84. The fraction of sp³-hybridized carbons (Fsp3) is 0.222. The van der Waals surface area contributed by atoms with Gasteiger partial charge in [0.15, 0.2) is 6.10 Å². The van der Waals surface area contributed by atoms with E-state index in [4.69, 9.17) is 15.2 Å². The molecule has 0 aliphatic carbocycles.